The van der Waals surface area contributed by atoms with E-state index in [1.165, 1.54) is 0 Å². The minimum atomic E-state index is -1.17. The largest absolute Gasteiger partial charge is 0.480 e. The van der Waals surface area contributed by atoms with Crippen LogP contribution in [0.15, 0.2) is 0 Å². The van der Waals surface area contributed by atoms with Gasteiger partial charge in [0.25, 0.3) is 0 Å². The average molecular weight is 185 g/mol. The molecule has 0 aliphatic heterocycles. The Hall–Kier alpha value is -1.39. The first-order valence-corrected chi connectivity index (χ1v) is 4.10. The van der Waals surface area contributed by atoms with Crippen LogP contribution >= 0.6 is 0 Å². The van der Waals surface area contributed by atoms with Gasteiger partial charge in [-0.1, -0.05) is 0 Å². The van der Waals surface area contributed by atoms with Gasteiger partial charge in [0, 0.05) is 12.3 Å². The highest BCUT2D eigenvalue weighted by Crippen LogP contribution is 2.31. The van der Waals surface area contributed by atoms with Gasteiger partial charge < -0.3 is 10.4 Å². The number of ketones is 1. The van der Waals surface area contributed by atoms with Gasteiger partial charge in [-0.3, -0.25) is 9.59 Å². The molecule has 5 heteroatoms. The molecule has 2 N–H and O–H groups in total. The van der Waals surface area contributed by atoms with E-state index in [2.05, 4.69) is 5.32 Å². The second kappa shape index (κ2) is 4.02. The molecular formula is C8H11NO4. The maximum atomic E-state index is 11.2. The molecule has 0 aromatic rings. The summed E-state index contributed by atoms with van der Waals surface area (Å²) in [5.74, 6) is -1.20. The molecule has 1 aliphatic carbocycles. The fourth-order valence-electron chi connectivity index (χ4n) is 1.07. The number of carboxylic acids is 1. The number of nitrogens with one attached hydrogen (secondary N) is 1. The highest BCUT2D eigenvalue weighted by atomic mass is 16.4. The maximum Gasteiger partial charge on any atom is 0.326 e. The summed E-state index contributed by atoms with van der Waals surface area (Å²) in [4.78, 5) is 31.7. The Morgan fingerprint density at radius 2 is 2.15 bits per heavy atom. The number of carbonyl (C=O) groups is 3. The van der Waals surface area contributed by atoms with Gasteiger partial charge in [-0.15, -0.1) is 0 Å². The lowest BCUT2D eigenvalue weighted by atomic mass is 10.1. The molecule has 13 heavy (non-hydrogen) atoms. The zero-order valence-electron chi connectivity index (χ0n) is 7.03. The number of rotatable bonds is 6. The van der Waals surface area contributed by atoms with Gasteiger partial charge in [-0.2, -0.15) is 0 Å². The zero-order valence-corrected chi connectivity index (χ0v) is 7.03. The standard InChI is InChI=1S/C8H11NO4/c10-4-9-6(8(12)13)3-7(11)5-1-2-5/h4-6H,1-3H2,(H,9,10)(H,12,13). The van der Waals surface area contributed by atoms with Crippen LogP contribution in [-0.4, -0.2) is 29.3 Å². The van der Waals surface area contributed by atoms with E-state index in [1.54, 1.807) is 0 Å². The number of Topliss-reactive ketones (excluding diaryl/α,β-unsaturated/α-hetero) is 1. The summed E-state index contributed by atoms with van der Waals surface area (Å²) in [6.45, 7) is 0. The summed E-state index contributed by atoms with van der Waals surface area (Å²) in [6.07, 6.45) is 1.91. The summed E-state index contributed by atoms with van der Waals surface area (Å²) in [6, 6.07) is -1.06. The molecule has 1 saturated carbocycles. The van der Waals surface area contributed by atoms with Gasteiger partial charge in [0.1, 0.15) is 11.8 Å². The molecule has 0 spiro atoms. The van der Waals surface area contributed by atoms with Crippen molar-refractivity contribution in [3.8, 4) is 0 Å². The molecule has 1 fully saturated rings. The molecule has 1 unspecified atom stereocenters. The van der Waals surface area contributed by atoms with Crippen molar-refractivity contribution >= 4 is 18.2 Å². The van der Waals surface area contributed by atoms with E-state index in [0.717, 1.165) is 12.8 Å². The molecule has 0 aromatic heterocycles. The van der Waals surface area contributed by atoms with Crippen LogP contribution in [0.3, 0.4) is 0 Å². The van der Waals surface area contributed by atoms with E-state index in [-0.39, 0.29) is 18.1 Å². The molecular weight excluding hydrogens is 174 g/mol. The molecule has 0 saturated heterocycles. The summed E-state index contributed by atoms with van der Waals surface area (Å²) in [7, 11) is 0. The number of carboxylic acid groups (broad SMARTS) is 1. The first kappa shape index (κ1) is 9.70. The number of amides is 1. The monoisotopic (exact) mass is 185 g/mol. The van der Waals surface area contributed by atoms with Gasteiger partial charge in [0.15, 0.2) is 0 Å². The Labute approximate surface area is 75.1 Å². The van der Waals surface area contributed by atoms with Crippen molar-refractivity contribution in [1.29, 1.82) is 0 Å². The summed E-state index contributed by atoms with van der Waals surface area (Å²) < 4.78 is 0. The van der Waals surface area contributed by atoms with Crippen LogP contribution in [0.5, 0.6) is 0 Å². The lowest BCUT2D eigenvalue weighted by Gasteiger charge is -2.08. The van der Waals surface area contributed by atoms with Gasteiger partial charge in [0.2, 0.25) is 6.41 Å². The number of hydrogen-bond acceptors (Lipinski definition) is 3. The van der Waals surface area contributed by atoms with Crippen molar-refractivity contribution in [2.75, 3.05) is 0 Å². The Morgan fingerprint density at radius 3 is 2.54 bits per heavy atom. The van der Waals surface area contributed by atoms with Crippen LogP contribution in [0.4, 0.5) is 0 Å². The van der Waals surface area contributed by atoms with Gasteiger partial charge in [0.05, 0.1) is 0 Å². The maximum absolute atomic E-state index is 11.2. The van der Waals surface area contributed by atoms with Crippen molar-refractivity contribution in [2.45, 2.75) is 25.3 Å². The Kier molecular flexibility index (Phi) is 3.00. The van der Waals surface area contributed by atoms with Crippen LogP contribution in [0.25, 0.3) is 0 Å². The van der Waals surface area contributed by atoms with Crippen molar-refractivity contribution in [3.05, 3.63) is 0 Å². The minimum Gasteiger partial charge on any atom is -0.480 e. The zero-order chi connectivity index (χ0) is 9.84. The third-order valence-electron chi connectivity index (χ3n) is 2.01. The fourth-order valence-corrected chi connectivity index (χ4v) is 1.07. The lowest BCUT2D eigenvalue weighted by Crippen LogP contribution is -2.37. The highest BCUT2D eigenvalue weighted by Gasteiger charge is 2.32. The third kappa shape index (κ3) is 2.85. The van der Waals surface area contributed by atoms with E-state index in [9.17, 15) is 14.4 Å². The molecule has 1 amide bonds. The van der Waals surface area contributed by atoms with Crippen molar-refractivity contribution in [2.24, 2.45) is 5.92 Å². The summed E-state index contributed by atoms with van der Waals surface area (Å²) >= 11 is 0. The second-order valence-electron chi connectivity index (χ2n) is 3.12. The Morgan fingerprint density at radius 1 is 1.54 bits per heavy atom. The van der Waals surface area contributed by atoms with Crippen molar-refractivity contribution < 1.29 is 19.5 Å². The molecule has 0 radical (unpaired) electrons. The smallest absolute Gasteiger partial charge is 0.326 e. The summed E-state index contributed by atoms with van der Waals surface area (Å²) in [5.41, 5.74) is 0. The number of aliphatic carboxylic acids is 1. The van der Waals surface area contributed by atoms with E-state index < -0.39 is 12.0 Å². The van der Waals surface area contributed by atoms with E-state index in [1.807, 2.05) is 0 Å². The van der Waals surface area contributed by atoms with Crippen LogP contribution < -0.4 is 5.32 Å². The van der Waals surface area contributed by atoms with Gasteiger partial charge in [-0.25, -0.2) is 4.79 Å². The third-order valence-corrected chi connectivity index (χ3v) is 2.01. The highest BCUT2D eigenvalue weighted by molar-refractivity contribution is 5.89. The quantitative estimate of drug-likeness (QED) is 0.549. The number of carbonyl (C=O) groups excluding carboxylic acids is 2. The van der Waals surface area contributed by atoms with E-state index in [4.69, 9.17) is 5.11 Å². The predicted molar refractivity (Wildman–Crippen MR) is 43.0 cm³/mol. The number of hydrogen-bond donors (Lipinski definition) is 2. The van der Waals surface area contributed by atoms with Crippen molar-refractivity contribution in [3.63, 3.8) is 0 Å². The first-order valence-electron chi connectivity index (χ1n) is 4.10. The second-order valence-corrected chi connectivity index (χ2v) is 3.12. The van der Waals surface area contributed by atoms with Crippen LogP contribution in [0.2, 0.25) is 0 Å². The average Bonchev–Trinajstić information content (AvgIpc) is 2.85. The van der Waals surface area contributed by atoms with E-state index >= 15 is 0 Å². The molecule has 1 atom stereocenters. The molecule has 0 bridgehead atoms. The fraction of sp³-hybridized carbons (Fsp3) is 0.625. The normalized spacial score (nSPS) is 17.5. The first-order chi connectivity index (χ1) is 6.15. The molecule has 0 heterocycles. The summed E-state index contributed by atoms with van der Waals surface area (Å²) in [5, 5.41) is 10.7. The van der Waals surface area contributed by atoms with Crippen LogP contribution in [-0.2, 0) is 14.4 Å². The van der Waals surface area contributed by atoms with Crippen LogP contribution in [0, 0.1) is 5.92 Å². The predicted octanol–water partition coefficient (Wildman–Crippen LogP) is -0.445. The SMILES string of the molecule is O=CNC(CC(=O)C1CC1)C(=O)O. The van der Waals surface area contributed by atoms with Crippen LogP contribution in [0.1, 0.15) is 19.3 Å². The molecule has 5 nitrogen and oxygen atoms in total. The lowest BCUT2D eigenvalue weighted by molar-refractivity contribution is -0.142. The van der Waals surface area contributed by atoms with Crippen molar-refractivity contribution in [1.82, 2.24) is 5.32 Å². The Bertz CT molecular complexity index is 234. The molecule has 0 aromatic carbocycles. The van der Waals surface area contributed by atoms with E-state index in [0.29, 0.717) is 6.41 Å². The van der Waals surface area contributed by atoms with Gasteiger partial charge >= 0.3 is 5.97 Å². The topological polar surface area (TPSA) is 83.5 Å². The molecule has 72 valence electrons. The minimum absolute atomic E-state index is 0.0373. The molecule has 1 aliphatic rings. The molecule has 1 rings (SSSR count). The van der Waals surface area contributed by atoms with Gasteiger partial charge in [-0.05, 0) is 12.8 Å². The Balaban J connectivity index is 2.40.